The average Bonchev–Trinajstić information content (AvgIpc) is 3.56. The molecule has 2 heteroatoms. The Hall–Kier alpha value is -6.90. The first-order valence-electron chi connectivity index (χ1n) is 19.5. The Morgan fingerprint density at radius 2 is 0.893 bits per heavy atom. The van der Waals surface area contributed by atoms with Gasteiger partial charge in [-0.25, -0.2) is 9.97 Å². The maximum atomic E-state index is 5.40. The van der Waals surface area contributed by atoms with Crippen molar-refractivity contribution in [2.45, 2.75) is 24.7 Å². The summed E-state index contributed by atoms with van der Waals surface area (Å²) in [5, 5.41) is 2.48. The lowest BCUT2D eigenvalue weighted by Gasteiger charge is -2.46. The van der Waals surface area contributed by atoms with Crippen LogP contribution in [-0.2, 0) is 10.8 Å². The minimum Gasteiger partial charge on any atom is -0.228 e. The maximum Gasteiger partial charge on any atom is 0.160 e. The van der Waals surface area contributed by atoms with E-state index in [1.165, 1.54) is 66.4 Å². The van der Waals surface area contributed by atoms with Crippen LogP contribution in [0.1, 0.15) is 47.2 Å². The molecule has 1 spiro atoms. The van der Waals surface area contributed by atoms with Gasteiger partial charge in [0.05, 0.1) is 16.8 Å². The van der Waals surface area contributed by atoms with Crippen LogP contribution in [0.4, 0.5) is 0 Å². The smallest absolute Gasteiger partial charge is 0.160 e. The third-order valence-electron chi connectivity index (χ3n) is 12.4. The van der Waals surface area contributed by atoms with E-state index in [0.29, 0.717) is 5.82 Å². The predicted molar refractivity (Wildman–Crippen MR) is 231 cm³/mol. The van der Waals surface area contributed by atoms with Crippen molar-refractivity contribution in [1.82, 2.24) is 9.97 Å². The molecule has 11 rings (SSSR count). The molecule has 0 unspecified atom stereocenters. The summed E-state index contributed by atoms with van der Waals surface area (Å²) < 4.78 is 0. The first kappa shape index (κ1) is 32.5. The number of hydrogen-bond acceptors (Lipinski definition) is 2. The highest BCUT2D eigenvalue weighted by Gasteiger charge is 2.53. The number of hydrogen-bond donors (Lipinski definition) is 0. The summed E-state index contributed by atoms with van der Waals surface area (Å²) in [4.78, 5) is 10.6. The number of nitrogens with zero attached hydrogens (tertiary/aromatic N) is 2. The van der Waals surface area contributed by atoms with Crippen molar-refractivity contribution in [2.75, 3.05) is 0 Å². The Morgan fingerprint density at radius 3 is 1.61 bits per heavy atom. The summed E-state index contributed by atoms with van der Waals surface area (Å²) in [5.41, 5.74) is 17.2. The van der Waals surface area contributed by atoms with E-state index in [0.717, 1.165) is 28.1 Å². The van der Waals surface area contributed by atoms with Crippen LogP contribution in [0.2, 0.25) is 0 Å². The summed E-state index contributed by atoms with van der Waals surface area (Å²) in [6.45, 7) is 4.76. The molecule has 1 heterocycles. The van der Waals surface area contributed by atoms with Crippen LogP contribution in [0.25, 0.3) is 66.9 Å². The van der Waals surface area contributed by atoms with Gasteiger partial charge in [-0.05, 0) is 84.6 Å². The van der Waals surface area contributed by atoms with Crippen molar-refractivity contribution in [2.24, 2.45) is 0 Å². The van der Waals surface area contributed by atoms with E-state index in [2.05, 4.69) is 202 Å². The van der Waals surface area contributed by atoms with Gasteiger partial charge in [0.15, 0.2) is 5.82 Å². The van der Waals surface area contributed by atoms with Gasteiger partial charge in [0, 0.05) is 22.1 Å². The Balaban J connectivity index is 1.25. The van der Waals surface area contributed by atoms with E-state index >= 15 is 0 Å². The molecule has 0 amide bonds. The van der Waals surface area contributed by atoms with Crippen molar-refractivity contribution >= 4 is 10.8 Å². The molecule has 8 aromatic carbocycles. The molecule has 2 aliphatic carbocycles. The van der Waals surface area contributed by atoms with Crippen molar-refractivity contribution in [3.63, 3.8) is 0 Å². The van der Waals surface area contributed by atoms with Crippen LogP contribution in [0.15, 0.2) is 194 Å². The first-order valence-corrected chi connectivity index (χ1v) is 19.5. The number of benzene rings is 8. The third kappa shape index (κ3) is 4.69. The average molecular weight is 715 g/mol. The SMILES string of the molecule is CC1(C)c2ccccc2C2(c3ccc(-c4ccc5ccccc5c4)cc3-c3c(-c4cc(-c5ccccc5)nc(-c5ccccc5)n4)cccc32)c2ccccc21. The summed E-state index contributed by atoms with van der Waals surface area (Å²) >= 11 is 0. The quantitative estimate of drug-likeness (QED) is 0.181. The second-order valence-electron chi connectivity index (χ2n) is 15.7. The highest BCUT2D eigenvalue weighted by atomic mass is 14.9. The molecule has 9 aromatic rings. The number of fused-ring (bicyclic) bond motifs is 10. The van der Waals surface area contributed by atoms with E-state index < -0.39 is 5.41 Å². The molecule has 0 fully saturated rings. The zero-order valence-corrected chi connectivity index (χ0v) is 31.4. The lowest BCUT2D eigenvalue weighted by atomic mass is 9.55. The topological polar surface area (TPSA) is 25.8 Å². The van der Waals surface area contributed by atoms with Gasteiger partial charge in [-0.3, -0.25) is 0 Å². The minimum atomic E-state index is -0.525. The molecule has 0 N–H and O–H groups in total. The van der Waals surface area contributed by atoms with Crippen molar-refractivity contribution in [3.05, 3.63) is 228 Å². The largest absolute Gasteiger partial charge is 0.228 e. The zero-order chi connectivity index (χ0) is 37.4. The molecule has 0 bridgehead atoms. The third-order valence-corrected chi connectivity index (χ3v) is 12.4. The van der Waals surface area contributed by atoms with Crippen molar-refractivity contribution < 1.29 is 0 Å². The van der Waals surface area contributed by atoms with Crippen molar-refractivity contribution in [3.8, 4) is 56.2 Å². The van der Waals surface area contributed by atoms with E-state index in [4.69, 9.17) is 9.97 Å². The Kier molecular flexibility index (Phi) is 7.15. The van der Waals surface area contributed by atoms with Crippen LogP contribution in [0.3, 0.4) is 0 Å². The second kappa shape index (κ2) is 12.3. The van der Waals surface area contributed by atoms with E-state index in [9.17, 15) is 0 Å². The van der Waals surface area contributed by atoms with Crippen LogP contribution in [0.5, 0.6) is 0 Å². The number of rotatable bonds is 4. The van der Waals surface area contributed by atoms with E-state index in [1.54, 1.807) is 0 Å². The molecule has 0 radical (unpaired) electrons. The predicted octanol–water partition coefficient (Wildman–Crippen LogP) is 13.3. The van der Waals surface area contributed by atoms with Gasteiger partial charge in [0.2, 0.25) is 0 Å². The molecule has 0 saturated heterocycles. The zero-order valence-electron chi connectivity index (χ0n) is 31.4. The van der Waals surface area contributed by atoms with Crippen LogP contribution in [0, 0.1) is 0 Å². The summed E-state index contributed by atoms with van der Waals surface area (Å²) in [6.07, 6.45) is 0. The fraction of sp³-hybridized carbons (Fsp3) is 0.0741. The fourth-order valence-electron chi connectivity index (χ4n) is 9.78. The normalized spacial score (nSPS) is 14.2. The summed E-state index contributed by atoms with van der Waals surface area (Å²) in [6, 6.07) is 70.8. The molecule has 2 nitrogen and oxygen atoms in total. The van der Waals surface area contributed by atoms with Gasteiger partial charge in [-0.1, -0.05) is 190 Å². The van der Waals surface area contributed by atoms with E-state index in [1.807, 2.05) is 6.07 Å². The van der Waals surface area contributed by atoms with Crippen LogP contribution >= 0.6 is 0 Å². The van der Waals surface area contributed by atoms with Crippen LogP contribution < -0.4 is 0 Å². The van der Waals surface area contributed by atoms with Gasteiger partial charge in [0.25, 0.3) is 0 Å². The number of aromatic nitrogens is 2. The standard InChI is InChI=1S/C54H38N2/c1-53(2)44-23-11-13-25-46(44)54(47-26-14-12-24-45(47)53)43-31-30-40(39-29-28-35-16-9-10-21-38(35)32-39)33-42(43)51-41(22-15-27-48(51)54)50-34-49(36-17-5-3-6-18-36)55-52(56-50)37-19-7-4-8-20-37/h3-34H,1-2H3. The second-order valence-corrected chi connectivity index (χ2v) is 15.7. The van der Waals surface area contributed by atoms with Gasteiger partial charge in [-0.15, -0.1) is 0 Å². The Bertz CT molecular complexity index is 2890. The molecule has 0 aliphatic heterocycles. The highest BCUT2D eigenvalue weighted by Crippen LogP contribution is 2.63. The van der Waals surface area contributed by atoms with E-state index in [-0.39, 0.29) is 5.41 Å². The minimum absolute atomic E-state index is 0.175. The molecule has 264 valence electrons. The Morgan fingerprint density at radius 1 is 0.339 bits per heavy atom. The fourth-order valence-corrected chi connectivity index (χ4v) is 9.78. The Labute approximate surface area is 327 Å². The monoisotopic (exact) mass is 714 g/mol. The maximum absolute atomic E-state index is 5.40. The van der Waals surface area contributed by atoms with Crippen molar-refractivity contribution in [1.29, 1.82) is 0 Å². The molecule has 2 aliphatic rings. The molecule has 0 saturated carbocycles. The molecular formula is C54H38N2. The summed E-state index contributed by atoms with van der Waals surface area (Å²) in [5.74, 6) is 0.715. The van der Waals surface area contributed by atoms with Gasteiger partial charge < -0.3 is 0 Å². The summed E-state index contributed by atoms with van der Waals surface area (Å²) in [7, 11) is 0. The van der Waals surface area contributed by atoms with Gasteiger partial charge >= 0.3 is 0 Å². The van der Waals surface area contributed by atoms with Gasteiger partial charge in [0.1, 0.15) is 0 Å². The molecule has 56 heavy (non-hydrogen) atoms. The van der Waals surface area contributed by atoms with Gasteiger partial charge in [-0.2, -0.15) is 0 Å². The highest BCUT2D eigenvalue weighted by molar-refractivity contribution is 5.98. The molecule has 0 atom stereocenters. The van der Waals surface area contributed by atoms with Crippen LogP contribution in [-0.4, -0.2) is 9.97 Å². The molecule has 1 aromatic heterocycles. The lowest BCUT2D eigenvalue weighted by molar-refractivity contribution is 0.563. The molecular weight excluding hydrogens is 677 g/mol. The lowest BCUT2D eigenvalue weighted by Crippen LogP contribution is -2.40. The first-order chi connectivity index (χ1) is 27.5.